The van der Waals surface area contributed by atoms with Crippen LogP contribution >= 0.6 is 27.5 Å². The lowest BCUT2D eigenvalue weighted by atomic mass is 9.55. The van der Waals surface area contributed by atoms with Crippen LogP contribution in [0.25, 0.3) is 0 Å². The summed E-state index contributed by atoms with van der Waals surface area (Å²) in [4.78, 5) is 0. The molecule has 0 radical (unpaired) electrons. The van der Waals surface area contributed by atoms with Gasteiger partial charge in [-0.05, 0) is 36.5 Å². The van der Waals surface area contributed by atoms with Crippen LogP contribution in [0.1, 0.15) is 38.2 Å². The molecule has 3 unspecified atom stereocenters. The van der Waals surface area contributed by atoms with E-state index in [2.05, 4.69) is 35.8 Å². The lowest BCUT2D eigenvalue weighted by Gasteiger charge is -2.52. The molecule has 1 aromatic carbocycles. The molecule has 0 spiro atoms. The van der Waals surface area contributed by atoms with Crippen LogP contribution in [0.5, 0.6) is 0 Å². The molecule has 1 aromatic rings. The van der Waals surface area contributed by atoms with E-state index in [1.165, 1.54) is 5.56 Å². The van der Waals surface area contributed by atoms with Crippen molar-refractivity contribution in [3.63, 3.8) is 0 Å². The van der Waals surface area contributed by atoms with E-state index in [0.717, 1.165) is 22.3 Å². The molecule has 1 N–H and O–H groups in total. The Bertz CT molecular complexity index is 407. The fraction of sp³-hybridized carbons (Fsp3) is 0.538. The summed E-state index contributed by atoms with van der Waals surface area (Å²) in [7, 11) is 0. The largest absolute Gasteiger partial charge is 0.393 e. The molecule has 88 valence electrons. The van der Waals surface area contributed by atoms with Crippen molar-refractivity contribution >= 4 is 27.5 Å². The third-order valence-electron chi connectivity index (χ3n) is 4.12. The van der Waals surface area contributed by atoms with Gasteiger partial charge >= 0.3 is 0 Å². The first-order valence-electron chi connectivity index (χ1n) is 5.62. The lowest BCUT2D eigenvalue weighted by molar-refractivity contribution is -0.0777. The van der Waals surface area contributed by atoms with E-state index in [4.69, 9.17) is 11.6 Å². The predicted octanol–water partition coefficient (Wildman–Crippen LogP) is 4.37. The molecule has 1 fully saturated rings. The van der Waals surface area contributed by atoms with E-state index in [1.54, 1.807) is 0 Å². The Balaban J connectivity index is 2.33. The van der Waals surface area contributed by atoms with Gasteiger partial charge in [-0.3, -0.25) is 0 Å². The molecule has 1 aliphatic carbocycles. The summed E-state index contributed by atoms with van der Waals surface area (Å²) in [6.45, 7) is 4.27. The standard InChI is InChI=1S/C13H16BrClO/c1-3-13(2)10(7-12(13)16)9-5-4-8(14)6-11(9)15/h4-6,10,12,16H,3,7H2,1-2H3. The molecular weight excluding hydrogens is 287 g/mol. The van der Waals surface area contributed by atoms with Crippen LogP contribution in [0.2, 0.25) is 5.02 Å². The molecular formula is C13H16BrClO. The van der Waals surface area contributed by atoms with Gasteiger partial charge in [-0.25, -0.2) is 0 Å². The van der Waals surface area contributed by atoms with Gasteiger partial charge in [0.05, 0.1) is 6.10 Å². The maximum Gasteiger partial charge on any atom is 0.0605 e. The summed E-state index contributed by atoms with van der Waals surface area (Å²) in [5.41, 5.74) is 1.15. The Hall–Kier alpha value is -0.0500. The number of aliphatic hydroxyl groups is 1. The van der Waals surface area contributed by atoms with E-state index in [9.17, 15) is 5.11 Å². The fourth-order valence-electron chi connectivity index (χ4n) is 2.58. The van der Waals surface area contributed by atoms with E-state index in [-0.39, 0.29) is 11.5 Å². The van der Waals surface area contributed by atoms with Gasteiger partial charge in [0.1, 0.15) is 0 Å². The van der Waals surface area contributed by atoms with E-state index < -0.39 is 0 Å². The predicted molar refractivity (Wildman–Crippen MR) is 70.9 cm³/mol. The second-order valence-electron chi connectivity index (χ2n) is 4.83. The van der Waals surface area contributed by atoms with Crippen molar-refractivity contribution in [1.29, 1.82) is 0 Å². The number of hydrogen-bond acceptors (Lipinski definition) is 1. The fourth-order valence-corrected chi connectivity index (χ4v) is 3.39. The second-order valence-corrected chi connectivity index (χ2v) is 6.15. The van der Waals surface area contributed by atoms with Crippen LogP contribution in [0.3, 0.4) is 0 Å². The summed E-state index contributed by atoms with van der Waals surface area (Å²) in [6.07, 6.45) is 1.61. The van der Waals surface area contributed by atoms with Crippen LogP contribution in [-0.4, -0.2) is 11.2 Å². The summed E-state index contributed by atoms with van der Waals surface area (Å²) < 4.78 is 0.999. The van der Waals surface area contributed by atoms with Crippen LogP contribution in [0.15, 0.2) is 22.7 Å². The van der Waals surface area contributed by atoms with Gasteiger partial charge in [0.2, 0.25) is 0 Å². The van der Waals surface area contributed by atoms with Crippen molar-refractivity contribution in [2.24, 2.45) is 5.41 Å². The summed E-state index contributed by atoms with van der Waals surface area (Å²) in [6, 6.07) is 6.01. The van der Waals surface area contributed by atoms with Crippen molar-refractivity contribution in [3.8, 4) is 0 Å². The van der Waals surface area contributed by atoms with Crippen LogP contribution < -0.4 is 0 Å². The van der Waals surface area contributed by atoms with Gasteiger partial charge < -0.3 is 5.11 Å². The lowest BCUT2D eigenvalue weighted by Crippen LogP contribution is -2.49. The summed E-state index contributed by atoms with van der Waals surface area (Å²) in [5.74, 6) is 0.382. The van der Waals surface area contributed by atoms with Gasteiger partial charge in [-0.15, -0.1) is 0 Å². The third-order valence-corrected chi connectivity index (χ3v) is 4.94. The first-order valence-corrected chi connectivity index (χ1v) is 6.79. The van der Waals surface area contributed by atoms with Gasteiger partial charge in [0.25, 0.3) is 0 Å². The van der Waals surface area contributed by atoms with Crippen LogP contribution in [0.4, 0.5) is 0 Å². The number of aliphatic hydroxyl groups excluding tert-OH is 1. The van der Waals surface area contributed by atoms with Crippen LogP contribution in [0, 0.1) is 5.41 Å². The highest BCUT2D eigenvalue weighted by Gasteiger charge is 2.50. The average molecular weight is 304 g/mol. The highest BCUT2D eigenvalue weighted by atomic mass is 79.9. The molecule has 2 rings (SSSR count). The molecule has 1 aliphatic rings. The van der Waals surface area contributed by atoms with E-state index in [0.29, 0.717) is 5.92 Å². The minimum Gasteiger partial charge on any atom is -0.393 e. The highest BCUT2D eigenvalue weighted by Crippen LogP contribution is 2.56. The van der Waals surface area contributed by atoms with Gasteiger partial charge in [0.15, 0.2) is 0 Å². The quantitative estimate of drug-likeness (QED) is 0.860. The minimum absolute atomic E-state index is 0.0164. The monoisotopic (exact) mass is 302 g/mol. The van der Waals surface area contributed by atoms with E-state index >= 15 is 0 Å². The summed E-state index contributed by atoms with van der Waals surface area (Å²) >= 11 is 9.67. The Labute approximate surface area is 110 Å². The van der Waals surface area contributed by atoms with Crippen molar-refractivity contribution in [2.75, 3.05) is 0 Å². The Morgan fingerprint density at radius 3 is 2.75 bits per heavy atom. The smallest absolute Gasteiger partial charge is 0.0605 e. The molecule has 1 saturated carbocycles. The van der Waals surface area contributed by atoms with Crippen LogP contribution in [-0.2, 0) is 0 Å². The minimum atomic E-state index is -0.192. The molecule has 16 heavy (non-hydrogen) atoms. The molecule has 1 nitrogen and oxygen atoms in total. The zero-order chi connectivity index (χ0) is 11.9. The number of benzene rings is 1. The van der Waals surface area contributed by atoms with Gasteiger partial charge in [0, 0.05) is 14.9 Å². The number of hydrogen-bond donors (Lipinski definition) is 1. The third kappa shape index (κ3) is 1.81. The molecule has 0 bridgehead atoms. The topological polar surface area (TPSA) is 20.2 Å². The normalized spacial score (nSPS) is 33.6. The van der Waals surface area contributed by atoms with Crippen molar-refractivity contribution < 1.29 is 5.11 Å². The molecule has 3 atom stereocenters. The Morgan fingerprint density at radius 1 is 1.56 bits per heavy atom. The Morgan fingerprint density at radius 2 is 2.25 bits per heavy atom. The zero-order valence-corrected chi connectivity index (χ0v) is 11.8. The summed E-state index contributed by atoms with van der Waals surface area (Å²) in [5, 5.41) is 10.7. The Kier molecular flexibility index (Phi) is 3.35. The molecule has 3 heteroatoms. The highest BCUT2D eigenvalue weighted by molar-refractivity contribution is 9.10. The molecule has 0 saturated heterocycles. The molecule has 0 aliphatic heterocycles. The number of rotatable bonds is 2. The van der Waals surface area contributed by atoms with Gasteiger partial charge in [-0.2, -0.15) is 0 Å². The van der Waals surface area contributed by atoms with Crippen molar-refractivity contribution in [2.45, 2.75) is 38.7 Å². The average Bonchev–Trinajstić information content (AvgIpc) is 2.26. The molecule has 0 amide bonds. The molecule has 0 heterocycles. The second kappa shape index (κ2) is 4.32. The van der Waals surface area contributed by atoms with E-state index in [1.807, 2.05) is 12.1 Å². The SMILES string of the molecule is CCC1(C)C(O)CC1c1ccc(Br)cc1Cl. The maximum atomic E-state index is 9.89. The van der Waals surface area contributed by atoms with Crippen molar-refractivity contribution in [3.05, 3.63) is 33.3 Å². The first-order chi connectivity index (χ1) is 7.49. The van der Waals surface area contributed by atoms with Gasteiger partial charge in [-0.1, -0.05) is 47.4 Å². The van der Waals surface area contributed by atoms with Crippen molar-refractivity contribution in [1.82, 2.24) is 0 Å². The zero-order valence-electron chi connectivity index (χ0n) is 9.50. The maximum absolute atomic E-state index is 9.89. The number of halogens is 2. The first kappa shape index (κ1) is 12.4. The molecule has 0 aromatic heterocycles.